The third-order valence-electron chi connectivity index (χ3n) is 6.24. The van der Waals surface area contributed by atoms with Crippen LogP contribution in [-0.4, -0.2) is 30.3 Å². The first-order valence-electron chi connectivity index (χ1n) is 12.1. The van der Waals surface area contributed by atoms with Crippen LogP contribution in [0.1, 0.15) is 47.1 Å². The van der Waals surface area contributed by atoms with Crippen LogP contribution in [0.3, 0.4) is 0 Å². The van der Waals surface area contributed by atoms with E-state index in [0.717, 1.165) is 34.8 Å². The molecule has 0 aliphatic rings. The zero-order valence-corrected chi connectivity index (χ0v) is 21.3. The molecule has 0 atom stereocenters. The Kier molecular flexibility index (Phi) is 7.01. The minimum absolute atomic E-state index is 0.00890. The number of alkyl halides is 3. The van der Waals surface area contributed by atoms with Crippen molar-refractivity contribution >= 4 is 17.2 Å². The summed E-state index contributed by atoms with van der Waals surface area (Å²) in [5.41, 5.74) is -1.11. The smallest absolute Gasteiger partial charge is 0.318 e. The molecule has 7 nitrogen and oxygen atoms in total. The first kappa shape index (κ1) is 27.8. The van der Waals surface area contributed by atoms with Crippen LogP contribution in [0, 0.1) is 23.3 Å². The highest BCUT2D eigenvalue weighted by Crippen LogP contribution is 2.33. The Morgan fingerprint density at radius 2 is 1.68 bits per heavy atom. The number of aromatic nitrogens is 5. The van der Waals surface area contributed by atoms with Gasteiger partial charge in [0.2, 0.25) is 0 Å². The maximum atomic E-state index is 14.0. The van der Waals surface area contributed by atoms with Crippen LogP contribution in [0.25, 0.3) is 16.9 Å². The van der Waals surface area contributed by atoms with Crippen LogP contribution in [0.4, 0.5) is 36.4 Å². The first-order valence-corrected chi connectivity index (χ1v) is 12.1. The van der Waals surface area contributed by atoms with Gasteiger partial charge in [0, 0.05) is 29.5 Å². The molecule has 0 saturated heterocycles. The number of amides is 1. The SMILES string of the molecule is CC(C)c1ccc(-c2cc(C(F)(F)F)n3nc(C(=O)Nc4cnn(Cc5c(F)cc(F)c(F)c5F)c4)cc3n2)cc1. The normalized spacial score (nSPS) is 12.0. The lowest BCUT2D eigenvalue weighted by atomic mass is 10.0. The summed E-state index contributed by atoms with van der Waals surface area (Å²) in [5.74, 6) is -7.30. The molecule has 0 aliphatic heterocycles. The van der Waals surface area contributed by atoms with Crippen molar-refractivity contribution in [3.63, 3.8) is 0 Å². The van der Waals surface area contributed by atoms with Crippen molar-refractivity contribution in [2.24, 2.45) is 0 Å². The quantitative estimate of drug-likeness (QED) is 0.141. The minimum Gasteiger partial charge on any atom is -0.318 e. The lowest BCUT2D eigenvalue weighted by Crippen LogP contribution is -2.15. The van der Waals surface area contributed by atoms with Gasteiger partial charge in [0.15, 0.2) is 34.5 Å². The van der Waals surface area contributed by atoms with E-state index in [1.807, 2.05) is 13.8 Å². The number of nitrogens with one attached hydrogen (secondary N) is 1. The fourth-order valence-electron chi connectivity index (χ4n) is 4.09. The zero-order chi connectivity index (χ0) is 29.6. The monoisotopic (exact) mass is 576 g/mol. The molecule has 0 spiro atoms. The summed E-state index contributed by atoms with van der Waals surface area (Å²) in [6.07, 6.45) is -2.60. The van der Waals surface area contributed by atoms with Gasteiger partial charge in [-0.2, -0.15) is 23.4 Å². The summed E-state index contributed by atoms with van der Waals surface area (Å²) >= 11 is 0. The number of rotatable bonds is 6. The van der Waals surface area contributed by atoms with Crippen molar-refractivity contribution in [3.05, 3.63) is 101 Å². The third kappa shape index (κ3) is 5.49. The van der Waals surface area contributed by atoms with Gasteiger partial charge in [-0.15, -0.1) is 0 Å². The van der Waals surface area contributed by atoms with E-state index in [0.29, 0.717) is 10.1 Å². The lowest BCUT2D eigenvalue weighted by molar-refractivity contribution is -0.142. The van der Waals surface area contributed by atoms with Gasteiger partial charge < -0.3 is 5.32 Å². The maximum Gasteiger partial charge on any atom is 0.433 e. The molecule has 41 heavy (non-hydrogen) atoms. The molecule has 2 aromatic carbocycles. The molecule has 212 valence electrons. The minimum atomic E-state index is -4.82. The Morgan fingerprint density at radius 1 is 0.976 bits per heavy atom. The summed E-state index contributed by atoms with van der Waals surface area (Å²) in [5, 5.41) is 9.96. The number of hydrogen-bond acceptors (Lipinski definition) is 4. The van der Waals surface area contributed by atoms with Crippen molar-refractivity contribution in [2.45, 2.75) is 32.5 Å². The number of carbonyl (C=O) groups is 1. The molecule has 1 amide bonds. The second-order valence-electron chi connectivity index (χ2n) is 9.43. The predicted octanol–water partition coefficient (Wildman–Crippen LogP) is 6.59. The van der Waals surface area contributed by atoms with Crippen LogP contribution in [0.5, 0.6) is 0 Å². The maximum absolute atomic E-state index is 14.0. The second kappa shape index (κ2) is 10.3. The Labute approximate surface area is 227 Å². The molecule has 0 saturated carbocycles. The van der Waals surface area contributed by atoms with E-state index in [1.54, 1.807) is 24.3 Å². The largest absolute Gasteiger partial charge is 0.433 e. The molecule has 0 aliphatic carbocycles. The van der Waals surface area contributed by atoms with E-state index in [1.165, 1.54) is 0 Å². The number of halogens is 7. The average molecular weight is 576 g/mol. The molecule has 14 heteroatoms. The number of hydrogen-bond donors (Lipinski definition) is 1. The van der Waals surface area contributed by atoms with Crippen molar-refractivity contribution in [2.75, 3.05) is 5.32 Å². The van der Waals surface area contributed by atoms with Crippen molar-refractivity contribution in [3.8, 4) is 11.3 Å². The highest BCUT2D eigenvalue weighted by atomic mass is 19.4. The van der Waals surface area contributed by atoms with Crippen molar-refractivity contribution in [1.82, 2.24) is 24.4 Å². The Morgan fingerprint density at radius 3 is 2.34 bits per heavy atom. The number of fused-ring (bicyclic) bond motifs is 1. The number of anilines is 1. The van der Waals surface area contributed by atoms with Crippen LogP contribution >= 0.6 is 0 Å². The third-order valence-corrected chi connectivity index (χ3v) is 6.24. The molecule has 0 unspecified atom stereocenters. The first-order chi connectivity index (χ1) is 19.3. The summed E-state index contributed by atoms with van der Waals surface area (Å²) in [6, 6.07) is 9.02. The van der Waals surface area contributed by atoms with Crippen molar-refractivity contribution < 1.29 is 35.5 Å². The highest BCUT2D eigenvalue weighted by molar-refractivity contribution is 6.03. The number of carbonyl (C=O) groups excluding carboxylic acids is 1. The molecule has 3 aromatic heterocycles. The number of benzene rings is 2. The molecule has 0 bridgehead atoms. The van der Waals surface area contributed by atoms with Gasteiger partial charge in [0.25, 0.3) is 5.91 Å². The van der Waals surface area contributed by atoms with Crippen LogP contribution in [0.2, 0.25) is 0 Å². The van der Waals surface area contributed by atoms with Gasteiger partial charge in [-0.1, -0.05) is 38.1 Å². The Balaban J connectivity index is 1.42. The van der Waals surface area contributed by atoms with Gasteiger partial charge in [-0.05, 0) is 17.5 Å². The highest BCUT2D eigenvalue weighted by Gasteiger charge is 2.35. The standard InChI is InChI=1S/C27H19F7N6O/c1-13(2)14-3-5-15(6-4-14)20-8-22(27(32,33)34)40-23(37-20)9-21(38-40)26(41)36-16-10-35-39(11-16)12-17-18(28)7-19(29)25(31)24(17)30/h3-11,13H,12H2,1-2H3,(H,36,41). The Hall–Kier alpha value is -4.75. The fraction of sp³-hybridized carbons (Fsp3) is 0.185. The van der Waals surface area contributed by atoms with Gasteiger partial charge in [0.05, 0.1) is 24.1 Å². The van der Waals surface area contributed by atoms with E-state index in [-0.39, 0.29) is 29.0 Å². The van der Waals surface area contributed by atoms with Gasteiger partial charge in [-0.3, -0.25) is 9.48 Å². The van der Waals surface area contributed by atoms with Crippen molar-refractivity contribution in [1.29, 1.82) is 0 Å². The van der Waals surface area contributed by atoms with Gasteiger partial charge >= 0.3 is 6.18 Å². The zero-order valence-electron chi connectivity index (χ0n) is 21.3. The van der Waals surface area contributed by atoms with Crippen LogP contribution in [0.15, 0.2) is 54.9 Å². The summed E-state index contributed by atoms with van der Waals surface area (Å²) in [4.78, 5) is 17.1. The molecular weight excluding hydrogens is 557 g/mol. The summed E-state index contributed by atoms with van der Waals surface area (Å²) in [6.45, 7) is 3.33. The van der Waals surface area contributed by atoms with E-state index < -0.39 is 58.8 Å². The fourth-order valence-corrected chi connectivity index (χ4v) is 4.09. The second-order valence-corrected chi connectivity index (χ2v) is 9.43. The summed E-state index contributed by atoms with van der Waals surface area (Å²) in [7, 11) is 0. The lowest BCUT2D eigenvalue weighted by Gasteiger charge is -2.11. The molecule has 0 fully saturated rings. The molecule has 3 heterocycles. The molecule has 5 aromatic rings. The van der Waals surface area contributed by atoms with E-state index in [4.69, 9.17) is 0 Å². The predicted molar refractivity (Wildman–Crippen MR) is 133 cm³/mol. The number of nitrogens with zero attached hydrogens (tertiary/aromatic N) is 5. The van der Waals surface area contributed by atoms with E-state index in [9.17, 15) is 35.5 Å². The molecule has 0 radical (unpaired) electrons. The Bertz CT molecular complexity index is 1770. The van der Waals surface area contributed by atoms with Crippen LogP contribution < -0.4 is 5.32 Å². The average Bonchev–Trinajstić information content (AvgIpc) is 3.55. The van der Waals surface area contributed by atoms with E-state index >= 15 is 0 Å². The van der Waals surface area contributed by atoms with Gasteiger partial charge in [-0.25, -0.2) is 27.1 Å². The van der Waals surface area contributed by atoms with Crippen LogP contribution in [-0.2, 0) is 12.7 Å². The summed E-state index contributed by atoms with van der Waals surface area (Å²) < 4.78 is 97.9. The molecular formula is C27H19F7N6O. The molecule has 5 rings (SSSR count). The molecule has 1 N–H and O–H groups in total. The van der Waals surface area contributed by atoms with Gasteiger partial charge in [0.1, 0.15) is 5.82 Å². The van der Waals surface area contributed by atoms with E-state index in [2.05, 4.69) is 20.5 Å². The topological polar surface area (TPSA) is 77.1 Å².